The lowest BCUT2D eigenvalue weighted by Crippen LogP contribution is -2.49. The second kappa shape index (κ2) is 5.88. The molecule has 1 unspecified atom stereocenters. The predicted octanol–water partition coefficient (Wildman–Crippen LogP) is 1.26. The van der Waals surface area contributed by atoms with E-state index in [-0.39, 0.29) is 5.56 Å². The van der Waals surface area contributed by atoms with Crippen molar-refractivity contribution >= 4 is 9.84 Å². The highest BCUT2D eigenvalue weighted by Crippen LogP contribution is 2.43. The molecule has 0 spiro atoms. The second-order valence-electron chi connectivity index (χ2n) is 5.68. The molecule has 2 rings (SSSR count). The summed E-state index contributed by atoms with van der Waals surface area (Å²) in [5.74, 6) is -1.45. The quantitative estimate of drug-likeness (QED) is 0.424. The molecule has 0 amide bonds. The molecule has 0 saturated heterocycles. The molecule has 1 aliphatic heterocycles. The van der Waals surface area contributed by atoms with Crippen molar-refractivity contribution in [3.63, 3.8) is 0 Å². The van der Waals surface area contributed by atoms with Crippen molar-refractivity contribution in [3.05, 3.63) is 76.2 Å². The molecule has 1 aromatic rings. The number of nitro groups is 3. The van der Waals surface area contributed by atoms with Gasteiger partial charge >= 0.3 is 5.66 Å². The van der Waals surface area contributed by atoms with E-state index in [9.17, 15) is 38.8 Å². The zero-order valence-electron chi connectivity index (χ0n) is 13.1. The van der Waals surface area contributed by atoms with E-state index in [0.29, 0.717) is 0 Å². The topological polar surface area (TPSA) is 164 Å². The van der Waals surface area contributed by atoms with Crippen LogP contribution < -0.4 is 0 Å². The highest BCUT2D eigenvalue weighted by atomic mass is 32.2. The van der Waals surface area contributed by atoms with Crippen LogP contribution in [0.25, 0.3) is 0 Å². The molecule has 0 fully saturated rings. The smallest absolute Gasteiger partial charge is 0.263 e. The zero-order chi connectivity index (χ0) is 19.2. The van der Waals surface area contributed by atoms with Crippen molar-refractivity contribution in [2.75, 3.05) is 5.75 Å². The fourth-order valence-electron chi connectivity index (χ4n) is 2.82. The average molecular weight is 371 g/mol. The standard InChI is InChI=1S/C13H13N3O8S/c1-8-3-5-10(6-4-8)11(14(17)18)12-9(2)13(15(19)20,16(21)22)7-25(12,23)24/h3-6,11H,7H2,1-2H3. The number of hydrogen-bond donors (Lipinski definition) is 0. The molecule has 25 heavy (non-hydrogen) atoms. The molecule has 1 aromatic carbocycles. The number of aryl methyl sites for hydroxylation is 1. The molecule has 11 nitrogen and oxygen atoms in total. The van der Waals surface area contributed by atoms with Crippen molar-refractivity contribution < 1.29 is 23.2 Å². The van der Waals surface area contributed by atoms with Gasteiger partial charge in [0.25, 0.3) is 6.04 Å². The number of nitrogens with zero attached hydrogens (tertiary/aromatic N) is 3. The zero-order valence-corrected chi connectivity index (χ0v) is 13.9. The molecule has 0 radical (unpaired) electrons. The van der Waals surface area contributed by atoms with Crippen molar-refractivity contribution in [2.45, 2.75) is 25.6 Å². The van der Waals surface area contributed by atoms with Crippen LogP contribution in [0.2, 0.25) is 0 Å². The Hall–Kier alpha value is -2.89. The van der Waals surface area contributed by atoms with Gasteiger partial charge in [-0.1, -0.05) is 29.8 Å². The molecule has 0 aliphatic carbocycles. The van der Waals surface area contributed by atoms with Crippen LogP contribution in [-0.2, 0) is 9.84 Å². The van der Waals surface area contributed by atoms with Gasteiger partial charge in [-0.05, 0) is 13.8 Å². The van der Waals surface area contributed by atoms with Crippen LogP contribution >= 0.6 is 0 Å². The summed E-state index contributed by atoms with van der Waals surface area (Å²) >= 11 is 0. The average Bonchev–Trinajstić information content (AvgIpc) is 2.70. The molecule has 12 heteroatoms. The van der Waals surface area contributed by atoms with Gasteiger partial charge in [0.2, 0.25) is 5.75 Å². The lowest BCUT2D eigenvalue weighted by molar-refractivity contribution is -0.777. The fourth-order valence-corrected chi connectivity index (χ4v) is 5.13. The largest absolute Gasteiger partial charge is 0.495 e. The van der Waals surface area contributed by atoms with Gasteiger partial charge in [-0.3, -0.25) is 30.3 Å². The molecular weight excluding hydrogens is 358 g/mol. The first-order chi connectivity index (χ1) is 11.4. The summed E-state index contributed by atoms with van der Waals surface area (Å²) < 4.78 is 24.8. The van der Waals surface area contributed by atoms with E-state index < -0.39 is 52.5 Å². The summed E-state index contributed by atoms with van der Waals surface area (Å²) in [4.78, 5) is 29.6. The van der Waals surface area contributed by atoms with Gasteiger partial charge in [-0.25, -0.2) is 8.42 Å². The Balaban J connectivity index is 2.81. The molecule has 0 N–H and O–H groups in total. The van der Waals surface area contributed by atoms with Gasteiger partial charge in [0.05, 0.1) is 0 Å². The monoisotopic (exact) mass is 371 g/mol. The Morgan fingerprint density at radius 3 is 1.84 bits per heavy atom. The van der Waals surface area contributed by atoms with Gasteiger partial charge < -0.3 is 0 Å². The van der Waals surface area contributed by atoms with E-state index in [2.05, 4.69) is 0 Å². The first kappa shape index (κ1) is 18.4. The Bertz CT molecular complexity index is 890. The van der Waals surface area contributed by atoms with E-state index in [0.717, 1.165) is 12.5 Å². The second-order valence-corrected chi connectivity index (χ2v) is 7.64. The van der Waals surface area contributed by atoms with Crippen LogP contribution in [0.15, 0.2) is 34.7 Å². The highest BCUT2D eigenvalue weighted by Gasteiger charge is 2.70. The van der Waals surface area contributed by atoms with Crippen LogP contribution in [0.3, 0.4) is 0 Å². The Morgan fingerprint density at radius 2 is 1.48 bits per heavy atom. The van der Waals surface area contributed by atoms with Crippen LogP contribution in [0.1, 0.15) is 24.1 Å². The minimum atomic E-state index is -4.58. The van der Waals surface area contributed by atoms with E-state index >= 15 is 0 Å². The predicted molar refractivity (Wildman–Crippen MR) is 84.1 cm³/mol. The number of sulfone groups is 1. The Morgan fingerprint density at radius 1 is 1.00 bits per heavy atom. The summed E-state index contributed by atoms with van der Waals surface area (Å²) in [6.45, 7) is 2.60. The number of rotatable bonds is 5. The molecule has 134 valence electrons. The minimum Gasteiger partial charge on any atom is -0.263 e. The minimum absolute atomic E-state index is 0.0315. The van der Waals surface area contributed by atoms with Crippen LogP contribution in [0, 0.1) is 37.3 Å². The summed E-state index contributed by atoms with van der Waals surface area (Å²) in [6, 6.07) is 3.70. The summed E-state index contributed by atoms with van der Waals surface area (Å²) in [5.41, 5.74) is -3.14. The molecule has 0 saturated carbocycles. The first-order valence-corrected chi connectivity index (χ1v) is 8.53. The van der Waals surface area contributed by atoms with Gasteiger partial charge in [-0.2, -0.15) is 0 Å². The molecular formula is C13H13N3O8S. The molecule has 0 bridgehead atoms. The van der Waals surface area contributed by atoms with Gasteiger partial charge in [0.1, 0.15) is 20.3 Å². The van der Waals surface area contributed by atoms with Gasteiger partial charge in [0.15, 0.2) is 9.84 Å². The third kappa shape index (κ3) is 2.73. The van der Waals surface area contributed by atoms with E-state index in [1.165, 1.54) is 24.3 Å². The maximum Gasteiger partial charge on any atom is 0.495 e. The molecule has 0 aromatic heterocycles. The molecule has 1 heterocycles. The van der Waals surface area contributed by atoms with Crippen LogP contribution in [-0.4, -0.2) is 34.6 Å². The summed E-state index contributed by atoms with van der Waals surface area (Å²) in [7, 11) is -4.58. The van der Waals surface area contributed by atoms with E-state index in [1.54, 1.807) is 6.92 Å². The Kier molecular flexibility index (Phi) is 4.34. The maximum absolute atomic E-state index is 12.4. The third-order valence-electron chi connectivity index (χ3n) is 4.15. The number of hydrogen-bond acceptors (Lipinski definition) is 8. The summed E-state index contributed by atoms with van der Waals surface area (Å²) in [5, 5.41) is 34.1. The lowest BCUT2D eigenvalue weighted by atomic mass is 9.98. The maximum atomic E-state index is 12.4. The summed E-state index contributed by atoms with van der Waals surface area (Å²) in [6.07, 6.45) is 0. The normalized spacial score (nSPS) is 19.4. The highest BCUT2D eigenvalue weighted by molar-refractivity contribution is 7.95. The Labute approximate surface area is 141 Å². The number of benzene rings is 1. The van der Waals surface area contributed by atoms with Crippen molar-refractivity contribution in [1.82, 2.24) is 0 Å². The van der Waals surface area contributed by atoms with Crippen LogP contribution in [0.5, 0.6) is 0 Å². The third-order valence-corrected chi connectivity index (χ3v) is 6.13. The lowest BCUT2D eigenvalue weighted by Gasteiger charge is -2.12. The van der Waals surface area contributed by atoms with Crippen molar-refractivity contribution in [1.29, 1.82) is 0 Å². The van der Waals surface area contributed by atoms with Gasteiger partial charge in [-0.15, -0.1) is 0 Å². The fraction of sp³-hybridized carbons (Fsp3) is 0.385. The molecule has 1 atom stereocenters. The van der Waals surface area contributed by atoms with E-state index in [4.69, 9.17) is 0 Å². The van der Waals surface area contributed by atoms with Crippen molar-refractivity contribution in [2.24, 2.45) is 0 Å². The van der Waals surface area contributed by atoms with E-state index in [1.807, 2.05) is 0 Å². The van der Waals surface area contributed by atoms with Crippen LogP contribution in [0.4, 0.5) is 0 Å². The van der Waals surface area contributed by atoms with Gasteiger partial charge in [0, 0.05) is 10.5 Å². The van der Waals surface area contributed by atoms with Crippen molar-refractivity contribution in [3.8, 4) is 0 Å². The SMILES string of the molecule is CC1=C(C(c2ccc(C)cc2)[N+](=O)[O-])S(=O)(=O)CC1([N+](=O)[O-])[N+](=O)[O-]. The first-order valence-electron chi connectivity index (χ1n) is 6.88. The molecule has 1 aliphatic rings.